The summed E-state index contributed by atoms with van der Waals surface area (Å²) in [4.78, 5) is 66.5. The Morgan fingerprint density at radius 3 is 2.25 bits per heavy atom. The Kier molecular flexibility index (Phi) is 10.8. The zero-order valence-corrected chi connectivity index (χ0v) is 18.0. The van der Waals surface area contributed by atoms with E-state index in [0.717, 1.165) is 0 Å². The first-order chi connectivity index (χ1) is 15.1. The molecule has 0 saturated carbocycles. The molecule has 0 aliphatic rings. The predicted octanol–water partition coefficient (Wildman–Crippen LogP) is -1.64. The van der Waals surface area contributed by atoms with Crippen molar-refractivity contribution in [3.8, 4) is 0 Å². The summed E-state index contributed by atoms with van der Waals surface area (Å²) in [6.45, 7) is 3.04. The van der Waals surface area contributed by atoms with Gasteiger partial charge in [-0.15, -0.1) is 0 Å². The van der Waals surface area contributed by atoms with Crippen molar-refractivity contribution in [3.63, 3.8) is 0 Å². The number of amides is 3. The van der Waals surface area contributed by atoms with E-state index in [2.05, 4.69) is 25.9 Å². The Labute approximate surface area is 184 Å². The third-order valence-electron chi connectivity index (χ3n) is 4.87. The topological polar surface area (TPSA) is 217 Å². The first kappa shape index (κ1) is 26.6. The number of aromatic nitrogens is 2. The molecule has 3 amide bonds. The maximum absolute atomic E-state index is 12.8. The molecular formula is C19H30N6O7. The fourth-order valence-electron chi connectivity index (χ4n) is 2.82. The van der Waals surface area contributed by atoms with Gasteiger partial charge in [0.1, 0.15) is 18.1 Å². The number of carboxylic acid groups (broad SMARTS) is 2. The van der Waals surface area contributed by atoms with E-state index in [1.54, 1.807) is 13.8 Å². The standard InChI is InChI=1S/C19H30N6O7/c1-3-10(2)16(19(31)32)25-17(29)12(4-5-15(27)28)24-18(30)13(23-14(26)7-20)6-11-8-21-9-22-11/h8-10,12-13,16H,3-7,20H2,1-2H3,(H,21,22)(H,23,26)(H,24,30)(H,25,29)(H,27,28)(H,31,32). The molecule has 0 bridgehead atoms. The van der Waals surface area contributed by atoms with E-state index in [1.165, 1.54) is 12.5 Å². The first-order valence-corrected chi connectivity index (χ1v) is 10.1. The fourth-order valence-corrected chi connectivity index (χ4v) is 2.82. The number of nitrogens with one attached hydrogen (secondary N) is 4. The van der Waals surface area contributed by atoms with Crippen LogP contribution in [0.15, 0.2) is 12.5 Å². The highest BCUT2D eigenvalue weighted by atomic mass is 16.4. The number of nitrogens with two attached hydrogens (primary N) is 1. The van der Waals surface area contributed by atoms with Gasteiger partial charge in [-0.2, -0.15) is 0 Å². The van der Waals surface area contributed by atoms with Crippen LogP contribution < -0.4 is 21.7 Å². The SMILES string of the molecule is CCC(C)C(NC(=O)C(CCC(=O)O)NC(=O)C(Cc1cnc[nH]1)NC(=O)CN)C(=O)O. The van der Waals surface area contributed by atoms with Crippen molar-refractivity contribution in [1.29, 1.82) is 0 Å². The molecule has 0 radical (unpaired) electrons. The Morgan fingerprint density at radius 2 is 1.75 bits per heavy atom. The lowest BCUT2D eigenvalue weighted by molar-refractivity contribution is -0.144. The molecule has 1 aromatic heterocycles. The highest BCUT2D eigenvalue weighted by molar-refractivity contribution is 5.94. The van der Waals surface area contributed by atoms with Gasteiger partial charge in [0.2, 0.25) is 17.7 Å². The minimum Gasteiger partial charge on any atom is -0.481 e. The van der Waals surface area contributed by atoms with Gasteiger partial charge in [0, 0.05) is 24.7 Å². The van der Waals surface area contributed by atoms with Gasteiger partial charge >= 0.3 is 11.9 Å². The van der Waals surface area contributed by atoms with Crippen molar-refractivity contribution in [2.24, 2.45) is 11.7 Å². The molecule has 4 atom stereocenters. The molecule has 0 spiro atoms. The highest BCUT2D eigenvalue weighted by Crippen LogP contribution is 2.10. The molecule has 4 unspecified atom stereocenters. The monoisotopic (exact) mass is 454 g/mol. The molecule has 178 valence electrons. The molecule has 0 saturated heterocycles. The van der Waals surface area contributed by atoms with Crippen LogP contribution in [0.3, 0.4) is 0 Å². The van der Waals surface area contributed by atoms with Gasteiger partial charge in [0.15, 0.2) is 0 Å². The largest absolute Gasteiger partial charge is 0.481 e. The number of nitrogens with zero attached hydrogens (tertiary/aromatic N) is 1. The summed E-state index contributed by atoms with van der Waals surface area (Å²) in [6, 6.07) is -3.67. The number of H-pyrrole nitrogens is 1. The molecule has 0 fully saturated rings. The maximum Gasteiger partial charge on any atom is 0.326 e. The average molecular weight is 454 g/mol. The lowest BCUT2D eigenvalue weighted by Crippen LogP contribution is -2.57. The van der Waals surface area contributed by atoms with E-state index < -0.39 is 60.1 Å². The number of carbonyl (C=O) groups is 5. The third kappa shape index (κ3) is 8.71. The number of aliphatic carboxylic acids is 2. The minimum absolute atomic E-state index is 0.00939. The van der Waals surface area contributed by atoms with Gasteiger partial charge in [-0.3, -0.25) is 19.2 Å². The van der Waals surface area contributed by atoms with Crippen LogP contribution in [0.2, 0.25) is 0 Å². The molecule has 1 heterocycles. The summed E-state index contributed by atoms with van der Waals surface area (Å²) >= 11 is 0. The smallest absolute Gasteiger partial charge is 0.326 e. The molecule has 13 heteroatoms. The van der Waals surface area contributed by atoms with Gasteiger partial charge in [-0.1, -0.05) is 20.3 Å². The molecule has 13 nitrogen and oxygen atoms in total. The number of carbonyl (C=O) groups excluding carboxylic acids is 3. The first-order valence-electron chi connectivity index (χ1n) is 10.1. The second kappa shape index (κ2) is 13.0. The summed E-state index contributed by atoms with van der Waals surface area (Å²) in [6.07, 6.45) is 2.60. The van der Waals surface area contributed by atoms with Gasteiger partial charge in [0.25, 0.3) is 0 Å². The Morgan fingerprint density at radius 1 is 1.09 bits per heavy atom. The normalized spacial score (nSPS) is 14.5. The molecular weight excluding hydrogens is 424 g/mol. The summed E-state index contributed by atoms with van der Waals surface area (Å²) in [7, 11) is 0. The molecule has 1 rings (SSSR count). The van der Waals surface area contributed by atoms with Crippen molar-refractivity contribution in [2.75, 3.05) is 6.54 Å². The van der Waals surface area contributed by atoms with Gasteiger partial charge in [-0.25, -0.2) is 9.78 Å². The lowest BCUT2D eigenvalue weighted by atomic mass is 9.98. The quantitative estimate of drug-likeness (QED) is 0.171. The van der Waals surface area contributed by atoms with Crippen LogP contribution in [0.5, 0.6) is 0 Å². The Balaban J connectivity index is 3.02. The van der Waals surface area contributed by atoms with E-state index >= 15 is 0 Å². The van der Waals surface area contributed by atoms with E-state index in [0.29, 0.717) is 12.1 Å². The molecule has 0 aliphatic heterocycles. The van der Waals surface area contributed by atoms with Crippen molar-refractivity contribution in [3.05, 3.63) is 18.2 Å². The van der Waals surface area contributed by atoms with Crippen molar-refractivity contribution in [1.82, 2.24) is 25.9 Å². The van der Waals surface area contributed by atoms with Crippen molar-refractivity contribution < 1.29 is 34.2 Å². The number of hydrogen-bond acceptors (Lipinski definition) is 7. The highest BCUT2D eigenvalue weighted by Gasteiger charge is 2.31. The molecule has 0 aliphatic carbocycles. The van der Waals surface area contributed by atoms with Crippen molar-refractivity contribution >= 4 is 29.7 Å². The van der Waals surface area contributed by atoms with E-state index in [9.17, 15) is 29.1 Å². The Bertz CT molecular complexity index is 798. The van der Waals surface area contributed by atoms with Crippen LogP contribution >= 0.6 is 0 Å². The molecule has 32 heavy (non-hydrogen) atoms. The molecule has 0 aromatic carbocycles. The second-order valence-electron chi connectivity index (χ2n) is 7.31. The van der Waals surface area contributed by atoms with E-state index in [-0.39, 0.29) is 19.4 Å². The number of imidazole rings is 1. The van der Waals surface area contributed by atoms with Crippen LogP contribution in [0.1, 0.15) is 38.8 Å². The van der Waals surface area contributed by atoms with Gasteiger partial charge < -0.3 is 36.9 Å². The second-order valence-corrected chi connectivity index (χ2v) is 7.31. The van der Waals surface area contributed by atoms with Crippen LogP contribution in [0.25, 0.3) is 0 Å². The van der Waals surface area contributed by atoms with Gasteiger partial charge in [-0.05, 0) is 12.3 Å². The van der Waals surface area contributed by atoms with Crippen LogP contribution in [0.4, 0.5) is 0 Å². The number of aromatic amines is 1. The number of rotatable bonds is 14. The summed E-state index contributed by atoms with van der Waals surface area (Å²) in [5, 5.41) is 25.6. The third-order valence-corrected chi connectivity index (χ3v) is 4.87. The zero-order valence-electron chi connectivity index (χ0n) is 18.0. The zero-order chi connectivity index (χ0) is 24.3. The predicted molar refractivity (Wildman–Crippen MR) is 111 cm³/mol. The average Bonchev–Trinajstić information content (AvgIpc) is 3.26. The summed E-state index contributed by atoms with van der Waals surface area (Å²) in [5.41, 5.74) is 5.82. The minimum atomic E-state index is -1.33. The fraction of sp³-hybridized carbons (Fsp3) is 0.579. The van der Waals surface area contributed by atoms with Gasteiger partial charge in [0.05, 0.1) is 12.9 Å². The Hall–Kier alpha value is -3.48. The summed E-state index contributed by atoms with van der Waals surface area (Å²) < 4.78 is 0. The van der Waals surface area contributed by atoms with E-state index in [1.807, 2.05) is 0 Å². The maximum atomic E-state index is 12.8. The lowest BCUT2D eigenvalue weighted by Gasteiger charge is -2.26. The van der Waals surface area contributed by atoms with Crippen LogP contribution in [-0.2, 0) is 30.4 Å². The van der Waals surface area contributed by atoms with Crippen molar-refractivity contribution in [2.45, 2.75) is 57.7 Å². The molecule has 1 aromatic rings. The number of hydrogen-bond donors (Lipinski definition) is 7. The summed E-state index contributed by atoms with van der Waals surface area (Å²) in [5.74, 6) is -5.05. The number of carboxylic acids is 2. The van der Waals surface area contributed by atoms with Crippen LogP contribution in [0, 0.1) is 5.92 Å². The van der Waals surface area contributed by atoms with E-state index in [4.69, 9.17) is 10.8 Å². The molecule has 8 N–H and O–H groups in total. The van der Waals surface area contributed by atoms with Crippen LogP contribution in [-0.4, -0.2) is 74.5 Å².